The summed E-state index contributed by atoms with van der Waals surface area (Å²) in [5.74, 6) is 0.940. The zero-order valence-corrected chi connectivity index (χ0v) is 13.0. The number of likely N-dealkylation sites (N-methyl/N-ethyl adjacent to an activating group) is 1. The molecule has 0 spiro atoms. The molecule has 0 aliphatic carbocycles. The number of methoxy groups -OCH3 is 1. The average Bonchev–Trinajstić information content (AvgIpc) is 2.36. The minimum atomic E-state index is 0.111. The fraction of sp³-hybridized carbons (Fsp3) is 0.625. The Morgan fingerprint density at radius 1 is 1.21 bits per heavy atom. The van der Waals surface area contributed by atoms with Crippen molar-refractivity contribution < 1.29 is 9.47 Å². The highest BCUT2D eigenvalue weighted by molar-refractivity contribution is 5.45. The Kier molecular flexibility index (Phi) is 6.32. The molecule has 1 aromatic carbocycles. The SMILES string of the molecule is CCNC(c1c(C)cc(C)cc1OC)C(C)OCC. The third kappa shape index (κ3) is 3.95. The molecule has 0 saturated carbocycles. The zero-order valence-electron chi connectivity index (χ0n) is 13.0. The molecule has 0 heterocycles. The number of hydrogen-bond acceptors (Lipinski definition) is 3. The Bertz CT molecular complexity index is 404. The molecule has 1 aromatic rings. The van der Waals surface area contributed by atoms with Crippen molar-refractivity contribution in [1.29, 1.82) is 0 Å². The van der Waals surface area contributed by atoms with Crippen molar-refractivity contribution in [3.63, 3.8) is 0 Å². The van der Waals surface area contributed by atoms with E-state index in [-0.39, 0.29) is 12.1 Å². The van der Waals surface area contributed by atoms with Gasteiger partial charge >= 0.3 is 0 Å². The fourth-order valence-corrected chi connectivity index (χ4v) is 2.59. The highest BCUT2D eigenvalue weighted by Gasteiger charge is 2.24. The van der Waals surface area contributed by atoms with Gasteiger partial charge in [0.2, 0.25) is 0 Å². The lowest BCUT2D eigenvalue weighted by atomic mass is 9.94. The molecule has 0 aliphatic heterocycles. The van der Waals surface area contributed by atoms with Crippen LogP contribution in [0.1, 0.15) is 43.5 Å². The van der Waals surface area contributed by atoms with Gasteiger partial charge in [0.1, 0.15) is 5.75 Å². The summed E-state index contributed by atoms with van der Waals surface area (Å²) in [7, 11) is 1.73. The van der Waals surface area contributed by atoms with E-state index in [0.717, 1.165) is 18.9 Å². The van der Waals surface area contributed by atoms with Crippen molar-refractivity contribution in [2.24, 2.45) is 0 Å². The van der Waals surface area contributed by atoms with Crippen LogP contribution in [-0.4, -0.2) is 26.4 Å². The van der Waals surface area contributed by atoms with Gasteiger partial charge in [-0.1, -0.05) is 13.0 Å². The Morgan fingerprint density at radius 2 is 1.89 bits per heavy atom. The zero-order chi connectivity index (χ0) is 14.4. The van der Waals surface area contributed by atoms with Crippen LogP contribution in [0.3, 0.4) is 0 Å². The fourth-order valence-electron chi connectivity index (χ4n) is 2.59. The molecule has 1 N–H and O–H groups in total. The average molecular weight is 265 g/mol. The number of ether oxygens (including phenoxy) is 2. The molecule has 2 unspecified atom stereocenters. The number of rotatable bonds is 7. The molecule has 1 rings (SSSR count). The van der Waals surface area contributed by atoms with Gasteiger partial charge in [-0.15, -0.1) is 0 Å². The summed E-state index contributed by atoms with van der Waals surface area (Å²) >= 11 is 0. The number of benzene rings is 1. The third-order valence-electron chi connectivity index (χ3n) is 3.35. The van der Waals surface area contributed by atoms with Crippen LogP contribution in [0.25, 0.3) is 0 Å². The van der Waals surface area contributed by atoms with Gasteiger partial charge in [0.15, 0.2) is 0 Å². The predicted molar refractivity (Wildman–Crippen MR) is 80.0 cm³/mol. The second-order valence-corrected chi connectivity index (χ2v) is 4.89. The van der Waals surface area contributed by atoms with Gasteiger partial charge in [-0.2, -0.15) is 0 Å². The van der Waals surface area contributed by atoms with Crippen molar-refractivity contribution in [2.45, 2.75) is 46.8 Å². The molecular weight excluding hydrogens is 238 g/mol. The van der Waals surface area contributed by atoms with Crippen molar-refractivity contribution in [3.8, 4) is 5.75 Å². The van der Waals surface area contributed by atoms with Gasteiger partial charge in [-0.25, -0.2) is 0 Å². The Balaban J connectivity index is 3.21. The Morgan fingerprint density at radius 3 is 2.42 bits per heavy atom. The largest absolute Gasteiger partial charge is 0.496 e. The third-order valence-corrected chi connectivity index (χ3v) is 3.35. The molecule has 108 valence electrons. The van der Waals surface area contributed by atoms with Gasteiger partial charge in [0, 0.05) is 12.2 Å². The van der Waals surface area contributed by atoms with E-state index in [9.17, 15) is 0 Å². The van der Waals surface area contributed by atoms with Crippen molar-refractivity contribution in [2.75, 3.05) is 20.3 Å². The minimum Gasteiger partial charge on any atom is -0.496 e. The van der Waals surface area contributed by atoms with E-state index >= 15 is 0 Å². The molecule has 3 nitrogen and oxygen atoms in total. The summed E-state index contributed by atoms with van der Waals surface area (Å²) in [6.45, 7) is 12.1. The topological polar surface area (TPSA) is 30.5 Å². The molecule has 0 bridgehead atoms. The highest BCUT2D eigenvalue weighted by atomic mass is 16.5. The maximum Gasteiger partial charge on any atom is 0.124 e. The molecule has 0 aliphatic rings. The van der Waals surface area contributed by atoms with Gasteiger partial charge in [-0.05, 0) is 51.4 Å². The first-order valence-corrected chi connectivity index (χ1v) is 7.05. The second kappa shape index (κ2) is 7.51. The van der Waals surface area contributed by atoms with E-state index < -0.39 is 0 Å². The lowest BCUT2D eigenvalue weighted by Gasteiger charge is -2.28. The molecule has 0 aromatic heterocycles. The quantitative estimate of drug-likeness (QED) is 0.819. The molecule has 0 fully saturated rings. The molecular formula is C16H27NO2. The van der Waals surface area contributed by atoms with Crippen LogP contribution in [0, 0.1) is 13.8 Å². The smallest absolute Gasteiger partial charge is 0.124 e. The van der Waals surface area contributed by atoms with Crippen LogP contribution < -0.4 is 10.1 Å². The Hall–Kier alpha value is -1.06. The van der Waals surface area contributed by atoms with E-state index in [1.165, 1.54) is 16.7 Å². The molecule has 3 heteroatoms. The number of aryl methyl sites for hydroxylation is 2. The summed E-state index contributed by atoms with van der Waals surface area (Å²) in [4.78, 5) is 0. The first kappa shape index (κ1) is 16.0. The number of hydrogen-bond donors (Lipinski definition) is 1. The molecule has 2 atom stereocenters. The van der Waals surface area contributed by atoms with E-state index in [1.807, 2.05) is 6.92 Å². The monoisotopic (exact) mass is 265 g/mol. The summed E-state index contributed by atoms with van der Waals surface area (Å²) in [5.41, 5.74) is 3.67. The highest BCUT2D eigenvalue weighted by Crippen LogP contribution is 2.32. The molecule has 0 saturated heterocycles. The van der Waals surface area contributed by atoms with E-state index in [0.29, 0.717) is 0 Å². The lowest BCUT2D eigenvalue weighted by molar-refractivity contribution is 0.0468. The van der Waals surface area contributed by atoms with E-state index in [4.69, 9.17) is 9.47 Å². The number of nitrogens with one attached hydrogen (secondary N) is 1. The van der Waals surface area contributed by atoms with Crippen LogP contribution in [-0.2, 0) is 4.74 Å². The van der Waals surface area contributed by atoms with Crippen molar-refractivity contribution in [3.05, 3.63) is 28.8 Å². The summed E-state index contributed by atoms with van der Waals surface area (Å²) < 4.78 is 11.3. The maximum absolute atomic E-state index is 5.78. The summed E-state index contributed by atoms with van der Waals surface area (Å²) in [6.07, 6.45) is 0.111. The standard InChI is InChI=1S/C16H27NO2/c1-7-17-16(13(5)19-8-2)15-12(4)9-11(3)10-14(15)18-6/h9-10,13,16-17H,7-8H2,1-6H3. The van der Waals surface area contributed by atoms with Crippen LogP contribution in [0.15, 0.2) is 12.1 Å². The first-order valence-electron chi connectivity index (χ1n) is 7.05. The van der Waals surface area contributed by atoms with Crippen molar-refractivity contribution in [1.82, 2.24) is 5.32 Å². The molecule has 0 radical (unpaired) electrons. The minimum absolute atomic E-state index is 0.111. The van der Waals surface area contributed by atoms with Gasteiger partial charge in [0.25, 0.3) is 0 Å². The second-order valence-electron chi connectivity index (χ2n) is 4.89. The predicted octanol–water partition coefficient (Wildman–Crippen LogP) is 3.39. The van der Waals surface area contributed by atoms with Gasteiger partial charge < -0.3 is 14.8 Å². The normalized spacial score (nSPS) is 14.2. The summed E-state index contributed by atoms with van der Waals surface area (Å²) in [6, 6.07) is 4.44. The Labute approximate surface area is 117 Å². The van der Waals surface area contributed by atoms with Gasteiger partial charge in [0.05, 0.1) is 19.3 Å². The maximum atomic E-state index is 5.78. The molecule has 0 amide bonds. The van der Waals surface area contributed by atoms with Crippen LogP contribution in [0.4, 0.5) is 0 Å². The molecule has 19 heavy (non-hydrogen) atoms. The van der Waals surface area contributed by atoms with E-state index in [1.54, 1.807) is 7.11 Å². The summed E-state index contributed by atoms with van der Waals surface area (Å²) in [5, 5.41) is 3.51. The van der Waals surface area contributed by atoms with Crippen LogP contribution >= 0.6 is 0 Å². The first-order chi connectivity index (χ1) is 9.04. The van der Waals surface area contributed by atoms with Gasteiger partial charge in [-0.3, -0.25) is 0 Å². The lowest BCUT2D eigenvalue weighted by Crippen LogP contribution is -2.33. The van der Waals surface area contributed by atoms with Crippen molar-refractivity contribution >= 4 is 0 Å². The van der Waals surface area contributed by atoms with E-state index in [2.05, 4.69) is 45.1 Å². The van der Waals surface area contributed by atoms with Crippen LogP contribution in [0.5, 0.6) is 5.75 Å². The van der Waals surface area contributed by atoms with Crippen LogP contribution in [0.2, 0.25) is 0 Å².